The van der Waals surface area contributed by atoms with Crippen molar-refractivity contribution in [3.63, 3.8) is 0 Å². The van der Waals surface area contributed by atoms with Crippen LogP contribution in [0.15, 0.2) is 48.5 Å². The van der Waals surface area contributed by atoms with E-state index in [1.54, 1.807) is 0 Å². The summed E-state index contributed by atoms with van der Waals surface area (Å²) in [6.45, 7) is 6.69. The number of aromatic nitrogens is 1. The van der Waals surface area contributed by atoms with E-state index in [1.165, 1.54) is 43.8 Å². The fourth-order valence-corrected chi connectivity index (χ4v) is 3.65. The van der Waals surface area contributed by atoms with Crippen LogP contribution in [-0.4, -0.2) is 4.98 Å². The number of nitrogens with zero attached hydrogens (tertiary/aromatic N) is 1. The SMILES string of the molecule is CCc1cc(CC)c2nc3ccc4ccccc4c3c(C)c2c1. The number of hydrogen-bond donors (Lipinski definition) is 0. The van der Waals surface area contributed by atoms with Crippen LogP contribution < -0.4 is 0 Å². The molecular weight excluding hydrogens is 278 g/mol. The standard InChI is InChI=1S/C22H21N/c1-4-15-12-16(5-2)22-19(13-15)14(3)21-18-9-7-6-8-17(18)10-11-20(21)23-22/h6-13H,4-5H2,1-3H3. The Labute approximate surface area is 137 Å². The van der Waals surface area contributed by atoms with Crippen LogP contribution in [0.4, 0.5) is 0 Å². The molecule has 0 aliphatic heterocycles. The lowest BCUT2D eigenvalue weighted by Crippen LogP contribution is -1.95. The largest absolute Gasteiger partial charge is 0.247 e. The molecule has 1 heterocycles. The van der Waals surface area contributed by atoms with Crippen molar-refractivity contribution in [1.29, 1.82) is 0 Å². The highest BCUT2D eigenvalue weighted by atomic mass is 14.7. The van der Waals surface area contributed by atoms with Gasteiger partial charge in [0.2, 0.25) is 0 Å². The highest BCUT2D eigenvalue weighted by Crippen LogP contribution is 2.33. The molecule has 0 spiro atoms. The van der Waals surface area contributed by atoms with E-state index in [2.05, 4.69) is 69.3 Å². The topological polar surface area (TPSA) is 12.9 Å². The number of aryl methyl sites for hydroxylation is 3. The molecule has 1 nitrogen and oxygen atoms in total. The minimum absolute atomic E-state index is 1.02. The zero-order valence-corrected chi connectivity index (χ0v) is 14.0. The smallest absolute Gasteiger partial charge is 0.0744 e. The van der Waals surface area contributed by atoms with Crippen LogP contribution in [0, 0.1) is 6.92 Å². The number of fused-ring (bicyclic) bond motifs is 4. The molecule has 4 rings (SSSR count). The van der Waals surface area contributed by atoms with Gasteiger partial charge < -0.3 is 0 Å². The van der Waals surface area contributed by atoms with Crippen molar-refractivity contribution in [2.24, 2.45) is 0 Å². The Morgan fingerprint density at radius 3 is 2.48 bits per heavy atom. The monoisotopic (exact) mass is 299 g/mol. The second kappa shape index (κ2) is 5.34. The van der Waals surface area contributed by atoms with Crippen LogP contribution >= 0.6 is 0 Å². The summed E-state index contributed by atoms with van der Waals surface area (Å²) in [5.74, 6) is 0. The summed E-state index contributed by atoms with van der Waals surface area (Å²) in [5.41, 5.74) is 6.39. The third kappa shape index (κ3) is 2.11. The van der Waals surface area contributed by atoms with Crippen molar-refractivity contribution in [2.75, 3.05) is 0 Å². The van der Waals surface area contributed by atoms with Gasteiger partial charge >= 0.3 is 0 Å². The van der Waals surface area contributed by atoms with Gasteiger partial charge in [-0.2, -0.15) is 0 Å². The Kier molecular flexibility index (Phi) is 3.30. The molecule has 0 N–H and O–H groups in total. The first kappa shape index (κ1) is 14.2. The van der Waals surface area contributed by atoms with E-state index in [0.717, 1.165) is 18.4 Å². The minimum atomic E-state index is 1.02. The first-order valence-corrected chi connectivity index (χ1v) is 8.46. The molecule has 0 amide bonds. The molecule has 0 fully saturated rings. The quantitative estimate of drug-likeness (QED) is 0.328. The van der Waals surface area contributed by atoms with Crippen molar-refractivity contribution in [1.82, 2.24) is 4.98 Å². The Morgan fingerprint density at radius 1 is 0.870 bits per heavy atom. The fourth-order valence-electron chi connectivity index (χ4n) is 3.65. The third-order valence-corrected chi connectivity index (χ3v) is 4.96. The number of benzene rings is 3. The van der Waals surface area contributed by atoms with E-state index in [4.69, 9.17) is 4.98 Å². The highest BCUT2D eigenvalue weighted by Gasteiger charge is 2.12. The van der Waals surface area contributed by atoms with E-state index < -0.39 is 0 Å². The lowest BCUT2D eigenvalue weighted by atomic mass is 9.94. The molecule has 4 aromatic rings. The molecule has 3 aromatic carbocycles. The van der Waals surface area contributed by atoms with Crippen LogP contribution in [0.3, 0.4) is 0 Å². The van der Waals surface area contributed by atoms with E-state index in [1.807, 2.05) is 0 Å². The molecule has 1 heteroatoms. The van der Waals surface area contributed by atoms with Gasteiger partial charge in [-0.05, 0) is 59.4 Å². The third-order valence-electron chi connectivity index (χ3n) is 4.96. The van der Waals surface area contributed by atoms with Crippen molar-refractivity contribution in [3.8, 4) is 0 Å². The van der Waals surface area contributed by atoms with Crippen LogP contribution in [0.5, 0.6) is 0 Å². The first-order valence-electron chi connectivity index (χ1n) is 8.46. The molecule has 0 aliphatic carbocycles. The second-order valence-corrected chi connectivity index (χ2v) is 6.28. The zero-order valence-electron chi connectivity index (χ0n) is 14.0. The summed E-state index contributed by atoms with van der Waals surface area (Å²) in [6, 6.07) is 17.6. The molecule has 0 bridgehead atoms. The van der Waals surface area contributed by atoms with Crippen molar-refractivity contribution >= 4 is 32.6 Å². The molecular formula is C22H21N. The van der Waals surface area contributed by atoms with Crippen LogP contribution in [0.25, 0.3) is 32.6 Å². The summed E-state index contributed by atoms with van der Waals surface area (Å²) >= 11 is 0. The van der Waals surface area contributed by atoms with Gasteiger partial charge in [-0.3, -0.25) is 0 Å². The zero-order chi connectivity index (χ0) is 16.0. The summed E-state index contributed by atoms with van der Waals surface area (Å²) in [4.78, 5) is 5.03. The predicted octanol–water partition coefficient (Wildman–Crippen LogP) is 5.97. The highest BCUT2D eigenvalue weighted by molar-refractivity contribution is 6.12. The predicted molar refractivity (Wildman–Crippen MR) is 100 cm³/mol. The first-order chi connectivity index (χ1) is 11.2. The van der Waals surface area contributed by atoms with Gasteiger partial charge in [0.1, 0.15) is 0 Å². The molecule has 23 heavy (non-hydrogen) atoms. The molecule has 0 saturated heterocycles. The van der Waals surface area contributed by atoms with Crippen LogP contribution in [0.1, 0.15) is 30.5 Å². The van der Waals surface area contributed by atoms with Gasteiger partial charge in [-0.25, -0.2) is 4.98 Å². The van der Waals surface area contributed by atoms with Gasteiger partial charge in [-0.1, -0.05) is 50.2 Å². The Balaban J connectivity index is 2.24. The van der Waals surface area contributed by atoms with Gasteiger partial charge in [-0.15, -0.1) is 0 Å². The average Bonchev–Trinajstić information content (AvgIpc) is 2.60. The molecule has 114 valence electrons. The lowest BCUT2D eigenvalue weighted by molar-refractivity contribution is 1.10. The summed E-state index contributed by atoms with van der Waals surface area (Å²) in [5, 5.41) is 5.19. The van der Waals surface area contributed by atoms with E-state index in [9.17, 15) is 0 Å². The number of hydrogen-bond acceptors (Lipinski definition) is 1. The van der Waals surface area contributed by atoms with Gasteiger partial charge in [0.05, 0.1) is 11.0 Å². The Morgan fingerprint density at radius 2 is 1.70 bits per heavy atom. The maximum Gasteiger partial charge on any atom is 0.0744 e. The van der Waals surface area contributed by atoms with Crippen molar-refractivity contribution in [2.45, 2.75) is 33.6 Å². The molecule has 0 saturated carbocycles. The van der Waals surface area contributed by atoms with Crippen molar-refractivity contribution in [3.05, 3.63) is 65.2 Å². The number of rotatable bonds is 2. The van der Waals surface area contributed by atoms with Crippen LogP contribution in [0.2, 0.25) is 0 Å². The minimum Gasteiger partial charge on any atom is -0.247 e. The maximum absolute atomic E-state index is 5.03. The van der Waals surface area contributed by atoms with Gasteiger partial charge in [0, 0.05) is 10.8 Å². The van der Waals surface area contributed by atoms with E-state index in [0.29, 0.717) is 0 Å². The molecule has 1 aromatic heterocycles. The fraction of sp³-hybridized carbons (Fsp3) is 0.227. The molecule has 0 unspecified atom stereocenters. The molecule has 0 aliphatic rings. The van der Waals surface area contributed by atoms with E-state index >= 15 is 0 Å². The van der Waals surface area contributed by atoms with Gasteiger partial charge in [0.15, 0.2) is 0 Å². The van der Waals surface area contributed by atoms with Crippen LogP contribution in [-0.2, 0) is 12.8 Å². The Hall–Kier alpha value is -2.41. The molecule has 0 radical (unpaired) electrons. The summed E-state index contributed by atoms with van der Waals surface area (Å²) in [7, 11) is 0. The number of pyridine rings is 1. The van der Waals surface area contributed by atoms with Crippen molar-refractivity contribution < 1.29 is 0 Å². The normalized spacial score (nSPS) is 11.6. The second-order valence-electron chi connectivity index (χ2n) is 6.28. The maximum atomic E-state index is 5.03. The average molecular weight is 299 g/mol. The lowest BCUT2D eigenvalue weighted by Gasteiger charge is -2.14. The Bertz CT molecular complexity index is 1040. The van der Waals surface area contributed by atoms with E-state index in [-0.39, 0.29) is 0 Å². The van der Waals surface area contributed by atoms with Gasteiger partial charge in [0.25, 0.3) is 0 Å². The summed E-state index contributed by atoms with van der Waals surface area (Å²) < 4.78 is 0. The molecule has 0 atom stereocenters. The summed E-state index contributed by atoms with van der Waals surface area (Å²) in [6.07, 6.45) is 2.09.